The number of piperidine rings is 1. The first-order chi connectivity index (χ1) is 10.6. The number of aliphatic hydroxyl groups excluding tert-OH is 1. The van der Waals surface area contributed by atoms with E-state index in [-0.39, 0.29) is 17.0 Å². The maximum absolute atomic E-state index is 13.1. The largest absolute Gasteiger partial charge is 0.386 e. The fourth-order valence-corrected chi connectivity index (χ4v) is 3.69. The molecule has 1 saturated carbocycles. The van der Waals surface area contributed by atoms with E-state index in [2.05, 4.69) is 15.6 Å². The lowest BCUT2D eigenvalue weighted by molar-refractivity contribution is 0.150. The fourth-order valence-electron chi connectivity index (χ4n) is 3.40. The minimum atomic E-state index is -0.850. The van der Waals surface area contributed by atoms with Gasteiger partial charge in [0.05, 0.1) is 12.2 Å². The highest BCUT2D eigenvalue weighted by molar-refractivity contribution is 6.31. The number of fused-ring (bicyclic) bond motifs is 1. The molecule has 22 heavy (non-hydrogen) atoms. The van der Waals surface area contributed by atoms with Crippen molar-refractivity contribution in [3.8, 4) is 0 Å². The van der Waals surface area contributed by atoms with E-state index in [1.54, 1.807) is 4.68 Å². The molecule has 1 saturated heterocycles. The van der Waals surface area contributed by atoms with E-state index < -0.39 is 11.9 Å². The molecule has 2 N–H and O–H groups in total. The van der Waals surface area contributed by atoms with Crippen LogP contribution in [0.15, 0.2) is 24.4 Å². The van der Waals surface area contributed by atoms with E-state index in [1.165, 1.54) is 18.2 Å². The van der Waals surface area contributed by atoms with E-state index in [0.717, 1.165) is 25.2 Å². The van der Waals surface area contributed by atoms with E-state index in [9.17, 15) is 9.50 Å². The van der Waals surface area contributed by atoms with Gasteiger partial charge in [0, 0.05) is 28.7 Å². The summed E-state index contributed by atoms with van der Waals surface area (Å²) in [6.07, 6.45) is 2.20. The third-order valence-corrected chi connectivity index (χ3v) is 5.12. The predicted octanol–water partition coefficient (Wildman–Crippen LogP) is 1.67. The summed E-state index contributed by atoms with van der Waals surface area (Å²) in [6, 6.07) is 3.98. The molecule has 3 atom stereocenters. The van der Waals surface area contributed by atoms with Crippen molar-refractivity contribution >= 4 is 11.6 Å². The Morgan fingerprint density at radius 3 is 3.09 bits per heavy atom. The summed E-state index contributed by atoms with van der Waals surface area (Å²) < 4.78 is 14.7. The number of nitrogens with zero attached hydrogens (tertiary/aromatic N) is 3. The molecule has 0 bridgehead atoms. The quantitative estimate of drug-likeness (QED) is 0.899. The lowest BCUT2D eigenvalue weighted by Gasteiger charge is -2.12. The minimum Gasteiger partial charge on any atom is -0.386 e. The van der Waals surface area contributed by atoms with Gasteiger partial charge in [0.1, 0.15) is 11.9 Å². The number of hydrogen-bond acceptors (Lipinski definition) is 4. The highest BCUT2D eigenvalue weighted by atomic mass is 35.5. The third-order valence-electron chi connectivity index (χ3n) is 4.79. The monoisotopic (exact) mass is 322 g/mol. The van der Waals surface area contributed by atoms with Crippen molar-refractivity contribution in [3.63, 3.8) is 0 Å². The van der Waals surface area contributed by atoms with E-state index in [0.29, 0.717) is 11.5 Å². The number of aliphatic hydroxyl groups is 1. The average molecular weight is 323 g/mol. The summed E-state index contributed by atoms with van der Waals surface area (Å²) in [6.45, 7) is 2.23. The zero-order chi connectivity index (χ0) is 15.3. The van der Waals surface area contributed by atoms with Crippen LogP contribution in [0.5, 0.6) is 0 Å². The van der Waals surface area contributed by atoms with Gasteiger partial charge in [-0.3, -0.25) is 0 Å². The molecule has 1 aliphatic heterocycles. The smallest absolute Gasteiger partial charge is 0.124 e. The van der Waals surface area contributed by atoms with Crippen LogP contribution in [0, 0.1) is 11.7 Å². The van der Waals surface area contributed by atoms with Crippen molar-refractivity contribution in [3.05, 3.63) is 46.5 Å². The number of rotatable bonds is 4. The second-order valence-corrected chi connectivity index (χ2v) is 6.60. The van der Waals surface area contributed by atoms with Crippen molar-refractivity contribution in [2.24, 2.45) is 5.92 Å². The highest BCUT2D eigenvalue weighted by Gasteiger charge is 2.59. The van der Waals surface area contributed by atoms with Crippen molar-refractivity contribution in [1.29, 1.82) is 0 Å². The molecule has 5 nitrogen and oxygen atoms in total. The van der Waals surface area contributed by atoms with Crippen molar-refractivity contribution in [2.75, 3.05) is 13.1 Å². The number of hydrogen-bond donors (Lipinski definition) is 2. The average Bonchev–Trinajstić information content (AvgIpc) is 2.85. The van der Waals surface area contributed by atoms with Gasteiger partial charge in [-0.1, -0.05) is 22.9 Å². The Balaban J connectivity index is 1.50. The van der Waals surface area contributed by atoms with Gasteiger partial charge in [0.25, 0.3) is 0 Å². The molecule has 7 heteroatoms. The lowest BCUT2D eigenvalue weighted by Crippen LogP contribution is -2.19. The zero-order valence-corrected chi connectivity index (χ0v) is 12.6. The highest BCUT2D eigenvalue weighted by Crippen LogP contribution is 2.55. The maximum atomic E-state index is 13.1. The zero-order valence-electron chi connectivity index (χ0n) is 11.8. The normalized spacial score (nSPS) is 27.7. The van der Waals surface area contributed by atoms with E-state index in [4.69, 9.17) is 11.6 Å². The molecule has 0 spiro atoms. The molecule has 2 heterocycles. The first-order valence-corrected chi connectivity index (χ1v) is 7.71. The van der Waals surface area contributed by atoms with Crippen LogP contribution in [0.3, 0.4) is 0 Å². The summed E-state index contributed by atoms with van der Waals surface area (Å²) >= 11 is 5.97. The van der Waals surface area contributed by atoms with Gasteiger partial charge in [-0.25, -0.2) is 9.07 Å². The molecule has 0 radical (unpaired) electrons. The van der Waals surface area contributed by atoms with Crippen LogP contribution < -0.4 is 5.32 Å². The Labute approximate surface area is 132 Å². The predicted molar refractivity (Wildman–Crippen MR) is 79.0 cm³/mol. The Kier molecular flexibility index (Phi) is 3.21. The Bertz CT molecular complexity index is 721. The summed E-state index contributed by atoms with van der Waals surface area (Å²) in [7, 11) is 0. The van der Waals surface area contributed by atoms with Crippen molar-refractivity contribution in [1.82, 2.24) is 20.3 Å². The summed E-state index contributed by atoms with van der Waals surface area (Å²) in [4.78, 5) is 0. The molecule has 1 aromatic heterocycles. The minimum absolute atomic E-state index is 0.150. The molecule has 2 fully saturated rings. The lowest BCUT2D eigenvalue weighted by atomic mass is 10.0. The molecular formula is C15H16ClFN4O. The molecule has 1 unspecified atom stereocenters. The first-order valence-electron chi connectivity index (χ1n) is 7.33. The van der Waals surface area contributed by atoms with Gasteiger partial charge >= 0.3 is 0 Å². The van der Waals surface area contributed by atoms with Crippen LogP contribution in [0.4, 0.5) is 4.39 Å². The molecule has 0 amide bonds. The van der Waals surface area contributed by atoms with E-state index >= 15 is 0 Å². The number of benzene rings is 1. The molecule has 1 aromatic carbocycles. The molecular weight excluding hydrogens is 307 g/mol. The van der Waals surface area contributed by atoms with Crippen molar-refractivity contribution in [2.45, 2.75) is 24.5 Å². The Morgan fingerprint density at radius 1 is 1.55 bits per heavy atom. The van der Waals surface area contributed by atoms with Crippen LogP contribution >= 0.6 is 11.6 Å². The molecule has 2 aliphatic rings. The van der Waals surface area contributed by atoms with Gasteiger partial charge in [0.2, 0.25) is 0 Å². The molecule has 116 valence electrons. The third kappa shape index (κ3) is 2.22. The van der Waals surface area contributed by atoms with Gasteiger partial charge in [-0.2, -0.15) is 0 Å². The fraction of sp³-hybridized carbons (Fsp3) is 0.467. The summed E-state index contributed by atoms with van der Waals surface area (Å²) in [5, 5.41) is 22.2. The van der Waals surface area contributed by atoms with Crippen molar-refractivity contribution < 1.29 is 9.50 Å². The SMILES string of the molecule is OC(Cn1cc([C@]23CNC[C@H]2C3)nn1)c1ccc(F)cc1Cl. The van der Waals surface area contributed by atoms with Gasteiger partial charge in [-0.15, -0.1) is 5.10 Å². The van der Waals surface area contributed by atoms with E-state index in [1.807, 2.05) is 6.20 Å². The first kappa shape index (κ1) is 14.1. The van der Waals surface area contributed by atoms with Crippen LogP contribution in [0.25, 0.3) is 0 Å². The van der Waals surface area contributed by atoms with Crippen LogP contribution in [-0.2, 0) is 12.0 Å². The summed E-state index contributed by atoms with van der Waals surface area (Å²) in [5.74, 6) is 0.241. The maximum Gasteiger partial charge on any atom is 0.124 e. The second-order valence-electron chi connectivity index (χ2n) is 6.20. The van der Waals surface area contributed by atoms with Crippen LogP contribution in [0.2, 0.25) is 5.02 Å². The number of halogens is 2. The molecule has 2 aromatic rings. The Hall–Kier alpha value is -1.50. The standard InChI is InChI=1S/C15H16ClFN4O/c16-12-3-10(17)1-2-11(12)13(22)6-21-7-14(19-20-21)15-4-9(15)5-18-8-15/h1-3,7,9,13,18,22H,4-6,8H2/t9-,13?,15-/m1/s1. The van der Waals surface area contributed by atoms with Crippen LogP contribution in [-0.4, -0.2) is 33.2 Å². The summed E-state index contributed by atoms with van der Waals surface area (Å²) in [5.41, 5.74) is 1.63. The van der Waals surface area contributed by atoms with Gasteiger partial charge < -0.3 is 10.4 Å². The van der Waals surface area contributed by atoms with Gasteiger partial charge in [-0.05, 0) is 31.0 Å². The number of aromatic nitrogens is 3. The van der Waals surface area contributed by atoms with Crippen LogP contribution in [0.1, 0.15) is 23.8 Å². The topological polar surface area (TPSA) is 63.0 Å². The molecule has 4 rings (SSSR count). The van der Waals surface area contributed by atoms with Gasteiger partial charge in [0.15, 0.2) is 0 Å². The number of nitrogens with one attached hydrogen (secondary N) is 1. The second kappa shape index (κ2) is 5.01. The Morgan fingerprint density at radius 2 is 2.41 bits per heavy atom. The molecule has 1 aliphatic carbocycles.